The van der Waals surface area contributed by atoms with Crippen molar-refractivity contribution in [2.24, 2.45) is 11.7 Å². The highest BCUT2D eigenvalue weighted by atomic mass is 32.2. The lowest BCUT2D eigenvalue weighted by molar-refractivity contribution is -0.433. The van der Waals surface area contributed by atoms with Crippen molar-refractivity contribution in [3.8, 4) is 38.3 Å². The fourth-order valence-corrected chi connectivity index (χ4v) is 11.4. The van der Waals surface area contributed by atoms with E-state index in [2.05, 4.69) is 47.9 Å². The average molecular weight is 1270 g/mol. The van der Waals surface area contributed by atoms with E-state index < -0.39 is 183 Å². The van der Waals surface area contributed by atoms with Crippen LogP contribution in [0.15, 0.2) is 72.9 Å². The summed E-state index contributed by atoms with van der Waals surface area (Å²) in [5.41, 5.74) is 6.59. The molecule has 3 saturated heterocycles. The van der Waals surface area contributed by atoms with Crippen LogP contribution >= 0.6 is 23.7 Å². The molecular formula is C56H71N9O21S2. The number of benzene rings is 3. The largest absolute Gasteiger partial charge is 0.504 e. The summed E-state index contributed by atoms with van der Waals surface area (Å²) in [6, 6.07) is 4.41. The molecule has 4 aromatic rings. The number of carbonyl (C=O) groups is 8. The predicted octanol–water partition coefficient (Wildman–Crippen LogP) is -1.57. The topological polar surface area (TPSA) is 461 Å². The number of nitrogens with two attached hydrogens (primary N) is 1. The molecule has 88 heavy (non-hydrogen) atoms. The van der Waals surface area contributed by atoms with E-state index in [0.717, 1.165) is 70.4 Å². The summed E-state index contributed by atoms with van der Waals surface area (Å²) in [5, 5.41) is 115. The van der Waals surface area contributed by atoms with E-state index in [1.54, 1.807) is 18.3 Å². The molecule has 16 N–H and O–H groups in total. The maximum Gasteiger partial charge on any atom is 0.261 e. The summed E-state index contributed by atoms with van der Waals surface area (Å²) >= 11 is 1.37. The van der Waals surface area contributed by atoms with Gasteiger partial charge in [-0.3, -0.25) is 38.4 Å². The van der Waals surface area contributed by atoms with Gasteiger partial charge in [0.1, 0.15) is 59.2 Å². The number of thiazole rings is 1. The molecule has 14 atom stereocenters. The maximum absolute atomic E-state index is 14.7. The van der Waals surface area contributed by atoms with E-state index >= 15 is 0 Å². The highest BCUT2D eigenvalue weighted by Crippen LogP contribution is 2.35. The van der Waals surface area contributed by atoms with Gasteiger partial charge in [-0.1, -0.05) is 54.3 Å². The lowest BCUT2D eigenvalue weighted by Crippen LogP contribution is -2.64. The van der Waals surface area contributed by atoms with Gasteiger partial charge in [-0.2, -0.15) is 0 Å². The summed E-state index contributed by atoms with van der Waals surface area (Å²) in [5.74, 6) is -11.1. The standard InChI is InChI=1S/C56H71N9O21S2/c1-4-5-6-17-83-34-14-11-30(12-15-34)54-59-23-40(87-54)28-7-9-29(10-8-28)49(75)60-35-19-32(67)22-58-53(79)45-46(72)26(2)24-65(45)56(81)43(38(70)21-41(57)71)62-52(78)44(48(74)47(73)31-13-16-37(69)39(18-31)84-88-86-85-82)63-51(77)36-20-33(68)25-64(36)55(80)42(27(3)66)61-50(35)76/h7-16,18,23,26-27,32-33,35-36,38,42-48,66-70,72-74,82H,4-6,17,19-22,24-25H2,1-3H3,(H2,57,71)(H,58,79)(H,60,75)(H,61,76)(H,62,78)(H,63,77). The van der Waals surface area contributed by atoms with E-state index in [1.807, 2.05) is 24.3 Å². The molecule has 1 aromatic heterocycles. The number of hydrogen-bond acceptors (Lipinski definition) is 24. The molecule has 0 bridgehead atoms. The molecule has 32 heteroatoms. The van der Waals surface area contributed by atoms with E-state index in [1.165, 1.54) is 30.4 Å². The second kappa shape index (κ2) is 31.0. The first-order valence-corrected chi connectivity index (χ1v) is 29.5. The Bertz CT molecular complexity index is 3110. The Hall–Kier alpha value is -7.60. The van der Waals surface area contributed by atoms with E-state index in [9.17, 15) is 79.2 Å². The molecular weight excluding hydrogens is 1200 g/mol. The van der Waals surface area contributed by atoms with Crippen LogP contribution in [0.5, 0.6) is 17.2 Å². The number of phenolic OH excluding ortho intramolecular Hbond substituents is 1. The number of nitrogens with zero attached hydrogens (tertiary/aromatic N) is 3. The van der Waals surface area contributed by atoms with Crippen molar-refractivity contribution in [3.63, 3.8) is 0 Å². The number of aliphatic hydroxyl groups is 7. The lowest BCUT2D eigenvalue weighted by Gasteiger charge is -2.34. The molecule has 0 aliphatic carbocycles. The molecule has 3 aromatic carbocycles. The molecule has 4 heterocycles. The summed E-state index contributed by atoms with van der Waals surface area (Å²) in [4.78, 5) is 120. The van der Waals surface area contributed by atoms with Crippen LogP contribution in [0.3, 0.4) is 0 Å². The number of nitrogens with one attached hydrogen (secondary N) is 5. The minimum atomic E-state index is -2.53. The van der Waals surface area contributed by atoms with Gasteiger partial charge in [-0.05, 0) is 73.0 Å². The summed E-state index contributed by atoms with van der Waals surface area (Å²) in [7, 11) is 0. The zero-order valence-corrected chi connectivity index (χ0v) is 49.4. The van der Waals surface area contributed by atoms with Crippen molar-refractivity contribution < 1.29 is 103 Å². The van der Waals surface area contributed by atoms with Crippen LogP contribution in [0, 0.1) is 5.92 Å². The minimum absolute atomic E-state index is 0.0158. The van der Waals surface area contributed by atoms with Crippen LogP contribution in [-0.4, -0.2) is 207 Å². The van der Waals surface area contributed by atoms with Gasteiger partial charge >= 0.3 is 0 Å². The van der Waals surface area contributed by atoms with Crippen molar-refractivity contribution >= 4 is 70.9 Å². The third-order valence-corrected chi connectivity index (χ3v) is 16.5. The first-order valence-electron chi connectivity index (χ1n) is 28.0. The van der Waals surface area contributed by atoms with Crippen LogP contribution in [0.1, 0.15) is 81.3 Å². The number of aliphatic hydroxyl groups excluding tert-OH is 7. The number of unbranched alkanes of at least 4 members (excludes halogenated alkanes) is 2. The van der Waals surface area contributed by atoms with Gasteiger partial charge in [-0.25, -0.2) is 10.2 Å². The number of rotatable bonds is 20. The fourth-order valence-electron chi connectivity index (χ4n) is 10.2. The predicted molar refractivity (Wildman–Crippen MR) is 309 cm³/mol. The lowest BCUT2D eigenvalue weighted by atomic mass is 9.96. The van der Waals surface area contributed by atoms with Crippen LogP contribution < -0.4 is 41.2 Å². The van der Waals surface area contributed by atoms with Crippen molar-refractivity contribution in [3.05, 3.63) is 84.1 Å². The Kier molecular flexibility index (Phi) is 23.9. The van der Waals surface area contributed by atoms with Crippen LogP contribution in [0.2, 0.25) is 0 Å². The van der Waals surface area contributed by atoms with Crippen LogP contribution in [0.4, 0.5) is 0 Å². The van der Waals surface area contributed by atoms with Crippen LogP contribution in [-0.2, 0) is 42.9 Å². The number of amides is 8. The molecule has 30 nitrogen and oxygen atoms in total. The van der Waals surface area contributed by atoms with Crippen molar-refractivity contribution in [2.45, 2.75) is 138 Å². The Balaban J connectivity index is 1.20. The Labute approximate surface area is 511 Å². The van der Waals surface area contributed by atoms with Gasteiger partial charge < -0.3 is 91.9 Å². The first-order chi connectivity index (χ1) is 41.9. The number of phenols is 1. The molecule has 14 unspecified atom stereocenters. The molecule has 3 fully saturated rings. The smallest absolute Gasteiger partial charge is 0.261 e. The Morgan fingerprint density at radius 1 is 0.818 bits per heavy atom. The third-order valence-electron chi connectivity index (χ3n) is 15.0. The van der Waals surface area contributed by atoms with Gasteiger partial charge in [0.25, 0.3) is 18.2 Å². The van der Waals surface area contributed by atoms with Crippen molar-refractivity contribution in [2.75, 3.05) is 26.2 Å². The SMILES string of the molecule is CCCCCOc1ccc(-c2ncc(-c3ccc(C(=O)NC4CC(O)CNC(=O)C5C(O)C(C)CN5C(=O)C(C(O)CC(N)=O)NC(=O)C(C(O)C(O)c5ccc(O)c(OSOOO)c5)NC(=O)C5CC(O)CN5C(=O)C(C(C)O)NC4=O)cc3)s2)cc1. The minimum Gasteiger partial charge on any atom is -0.504 e. The molecule has 0 radical (unpaired) electrons. The second-order valence-electron chi connectivity index (χ2n) is 21.5. The zero-order chi connectivity index (χ0) is 64.1. The molecule has 0 spiro atoms. The quantitative estimate of drug-likeness (QED) is 0.0206. The first kappa shape index (κ1) is 67.9. The fraction of sp³-hybridized carbons (Fsp3) is 0.482. The number of aromatic hydroxyl groups is 1. The van der Waals surface area contributed by atoms with Gasteiger partial charge in [0.05, 0.1) is 48.4 Å². The van der Waals surface area contributed by atoms with E-state index in [0.29, 0.717) is 17.2 Å². The van der Waals surface area contributed by atoms with Gasteiger partial charge in [0, 0.05) is 55.7 Å². The molecule has 3 aliphatic rings. The molecule has 7 rings (SSSR count). The average Bonchev–Trinajstić information content (AvgIpc) is 4.05. The summed E-state index contributed by atoms with van der Waals surface area (Å²) in [6.45, 7) is 3.43. The monoisotopic (exact) mass is 1270 g/mol. The number of primary amides is 1. The maximum atomic E-state index is 14.7. The highest BCUT2D eigenvalue weighted by Gasteiger charge is 2.50. The molecule has 0 saturated carbocycles. The normalized spacial score (nSPS) is 25.6. The van der Waals surface area contributed by atoms with Gasteiger partial charge in [-0.15, -0.1) is 11.3 Å². The zero-order valence-electron chi connectivity index (χ0n) is 47.7. The van der Waals surface area contributed by atoms with E-state index in [4.69, 9.17) is 19.9 Å². The van der Waals surface area contributed by atoms with E-state index in [-0.39, 0.29) is 23.5 Å². The van der Waals surface area contributed by atoms with Gasteiger partial charge in [0.15, 0.2) is 11.5 Å². The third kappa shape index (κ3) is 17.0. The van der Waals surface area contributed by atoms with Crippen molar-refractivity contribution in [1.29, 1.82) is 0 Å². The number of β-amino-alcohol motifs (C(OH)–C–C–N with tert-alkyl or cyclic N) is 1. The van der Waals surface area contributed by atoms with Crippen molar-refractivity contribution in [1.82, 2.24) is 41.4 Å². The Morgan fingerprint density at radius 3 is 2.16 bits per heavy atom. The van der Waals surface area contributed by atoms with Gasteiger partial charge in [0.2, 0.25) is 41.4 Å². The summed E-state index contributed by atoms with van der Waals surface area (Å²) in [6.07, 6.45) is -11.3. The highest BCUT2D eigenvalue weighted by molar-refractivity contribution is 7.90. The molecule has 3 aliphatic heterocycles. The Morgan fingerprint density at radius 2 is 1.49 bits per heavy atom. The summed E-state index contributed by atoms with van der Waals surface area (Å²) < 4.78 is 15.0. The number of ether oxygens (including phenoxy) is 1. The number of carbonyl (C=O) groups excluding carboxylic acids is 8. The molecule has 478 valence electrons. The number of aromatic nitrogens is 1. The number of hydrogen-bond donors (Lipinski definition) is 15. The second-order valence-corrected chi connectivity index (χ2v) is 23.0. The van der Waals surface area contributed by atoms with Crippen LogP contribution in [0.25, 0.3) is 21.0 Å². The molecule has 8 amide bonds. The number of fused-ring (bicyclic) bond motifs is 2.